The Bertz CT molecular complexity index is 304. The highest BCUT2D eigenvalue weighted by Crippen LogP contribution is 2.31. The van der Waals surface area contributed by atoms with Crippen LogP contribution in [-0.4, -0.2) is 16.1 Å². The number of aliphatic carboxylic acids is 1. The topological polar surface area (TPSA) is 50.2 Å². The molecular weight excluding hydrogens is 178 g/mol. The monoisotopic (exact) mass is 193 g/mol. The SMILES string of the molecule is CCC(CC)(C(=O)O)c1cccnc1. The maximum Gasteiger partial charge on any atom is 0.314 e. The summed E-state index contributed by atoms with van der Waals surface area (Å²) in [7, 11) is 0. The van der Waals surface area contributed by atoms with Gasteiger partial charge in [0.05, 0.1) is 5.41 Å². The third-order valence-corrected chi connectivity index (χ3v) is 2.83. The Hall–Kier alpha value is -1.38. The maximum absolute atomic E-state index is 11.3. The summed E-state index contributed by atoms with van der Waals surface area (Å²) >= 11 is 0. The zero-order chi connectivity index (χ0) is 10.6. The van der Waals surface area contributed by atoms with Crippen LogP contribution in [0.1, 0.15) is 32.3 Å². The van der Waals surface area contributed by atoms with Gasteiger partial charge in [-0.2, -0.15) is 0 Å². The number of aromatic nitrogens is 1. The molecule has 14 heavy (non-hydrogen) atoms. The normalized spacial score (nSPS) is 11.3. The third-order valence-electron chi connectivity index (χ3n) is 2.83. The van der Waals surface area contributed by atoms with Crippen molar-refractivity contribution in [3.63, 3.8) is 0 Å². The zero-order valence-corrected chi connectivity index (χ0v) is 8.53. The van der Waals surface area contributed by atoms with E-state index in [1.54, 1.807) is 18.5 Å². The molecule has 1 heterocycles. The second-order valence-corrected chi connectivity index (χ2v) is 3.34. The van der Waals surface area contributed by atoms with E-state index in [1.807, 2.05) is 19.9 Å². The van der Waals surface area contributed by atoms with Crippen molar-refractivity contribution >= 4 is 5.97 Å². The number of nitrogens with zero attached hydrogens (tertiary/aromatic N) is 1. The fraction of sp³-hybridized carbons (Fsp3) is 0.455. The van der Waals surface area contributed by atoms with Crippen LogP contribution in [-0.2, 0) is 10.2 Å². The smallest absolute Gasteiger partial charge is 0.314 e. The molecule has 1 rings (SSSR count). The molecule has 0 radical (unpaired) electrons. The molecular formula is C11H15NO2. The van der Waals surface area contributed by atoms with E-state index >= 15 is 0 Å². The Kier molecular flexibility index (Phi) is 3.23. The van der Waals surface area contributed by atoms with Gasteiger partial charge in [-0.3, -0.25) is 9.78 Å². The van der Waals surface area contributed by atoms with E-state index in [0.717, 1.165) is 5.56 Å². The van der Waals surface area contributed by atoms with Crippen molar-refractivity contribution in [1.82, 2.24) is 4.98 Å². The van der Waals surface area contributed by atoms with Gasteiger partial charge >= 0.3 is 5.97 Å². The molecule has 0 spiro atoms. The summed E-state index contributed by atoms with van der Waals surface area (Å²) in [5.74, 6) is -0.768. The van der Waals surface area contributed by atoms with Gasteiger partial charge in [-0.05, 0) is 24.5 Å². The Morgan fingerprint density at radius 3 is 2.50 bits per heavy atom. The molecule has 0 bridgehead atoms. The fourth-order valence-electron chi connectivity index (χ4n) is 1.73. The van der Waals surface area contributed by atoms with Crippen molar-refractivity contribution in [1.29, 1.82) is 0 Å². The number of carboxylic acids is 1. The molecule has 1 N–H and O–H groups in total. The highest BCUT2D eigenvalue weighted by atomic mass is 16.4. The molecule has 1 aromatic rings. The van der Waals surface area contributed by atoms with Gasteiger partial charge in [-0.1, -0.05) is 19.9 Å². The lowest BCUT2D eigenvalue weighted by molar-refractivity contribution is -0.144. The first-order valence-corrected chi connectivity index (χ1v) is 4.81. The summed E-state index contributed by atoms with van der Waals surface area (Å²) in [6.07, 6.45) is 4.47. The molecule has 0 aliphatic rings. The van der Waals surface area contributed by atoms with Crippen LogP contribution < -0.4 is 0 Å². The van der Waals surface area contributed by atoms with Crippen LogP contribution in [0.25, 0.3) is 0 Å². The van der Waals surface area contributed by atoms with Gasteiger partial charge in [-0.15, -0.1) is 0 Å². The van der Waals surface area contributed by atoms with Crippen molar-refractivity contribution in [3.8, 4) is 0 Å². The van der Waals surface area contributed by atoms with Gasteiger partial charge in [-0.25, -0.2) is 0 Å². The summed E-state index contributed by atoms with van der Waals surface area (Å²) in [5.41, 5.74) is 0.0198. The molecule has 0 aliphatic carbocycles. The van der Waals surface area contributed by atoms with E-state index < -0.39 is 11.4 Å². The average Bonchev–Trinajstić information content (AvgIpc) is 2.22. The van der Waals surface area contributed by atoms with E-state index in [9.17, 15) is 9.90 Å². The minimum Gasteiger partial charge on any atom is -0.481 e. The average molecular weight is 193 g/mol. The number of pyridine rings is 1. The van der Waals surface area contributed by atoms with Crippen LogP contribution in [0.2, 0.25) is 0 Å². The first-order valence-electron chi connectivity index (χ1n) is 4.81. The van der Waals surface area contributed by atoms with E-state index in [1.165, 1.54) is 0 Å². The van der Waals surface area contributed by atoms with Crippen LogP contribution >= 0.6 is 0 Å². The quantitative estimate of drug-likeness (QED) is 0.797. The van der Waals surface area contributed by atoms with Gasteiger partial charge in [0.2, 0.25) is 0 Å². The number of carboxylic acid groups (broad SMARTS) is 1. The first-order chi connectivity index (χ1) is 6.67. The standard InChI is InChI=1S/C11H15NO2/c1-3-11(4-2,10(13)14)9-6-5-7-12-8-9/h5-8H,3-4H2,1-2H3,(H,13,14). The highest BCUT2D eigenvalue weighted by molar-refractivity contribution is 5.81. The lowest BCUT2D eigenvalue weighted by atomic mass is 9.77. The van der Waals surface area contributed by atoms with Crippen molar-refractivity contribution in [2.24, 2.45) is 0 Å². The van der Waals surface area contributed by atoms with Crippen molar-refractivity contribution in [2.45, 2.75) is 32.1 Å². The van der Waals surface area contributed by atoms with Gasteiger partial charge in [0.15, 0.2) is 0 Å². The number of hydrogen-bond acceptors (Lipinski definition) is 2. The molecule has 0 fully saturated rings. The Morgan fingerprint density at radius 2 is 2.14 bits per heavy atom. The Balaban J connectivity index is 3.18. The third kappa shape index (κ3) is 1.62. The van der Waals surface area contributed by atoms with Crippen molar-refractivity contribution < 1.29 is 9.90 Å². The fourth-order valence-corrected chi connectivity index (χ4v) is 1.73. The summed E-state index contributed by atoms with van der Waals surface area (Å²) in [5, 5.41) is 9.25. The molecule has 0 aromatic carbocycles. The van der Waals surface area contributed by atoms with E-state index in [-0.39, 0.29) is 0 Å². The predicted octanol–water partition coefficient (Wildman–Crippen LogP) is 2.22. The molecule has 0 saturated heterocycles. The van der Waals surface area contributed by atoms with Crippen molar-refractivity contribution in [3.05, 3.63) is 30.1 Å². The second kappa shape index (κ2) is 4.22. The molecule has 1 aromatic heterocycles. The van der Waals surface area contributed by atoms with Crippen LogP contribution in [0.5, 0.6) is 0 Å². The van der Waals surface area contributed by atoms with Crippen LogP contribution in [0.4, 0.5) is 0 Å². The minimum absolute atomic E-state index is 0.588. The van der Waals surface area contributed by atoms with Crippen LogP contribution in [0.15, 0.2) is 24.5 Å². The van der Waals surface area contributed by atoms with E-state index in [0.29, 0.717) is 12.8 Å². The predicted molar refractivity (Wildman–Crippen MR) is 54.1 cm³/mol. The van der Waals surface area contributed by atoms with E-state index in [2.05, 4.69) is 4.98 Å². The molecule has 0 amide bonds. The van der Waals surface area contributed by atoms with Crippen LogP contribution in [0, 0.1) is 0 Å². The maximum atomic E-state index is 11.3. The van der Waals surface area contributed by atoms with Crippen molar-refractivity contribution in [2.75, 3.05) is 0 Å². The Morgan fingerprint density at radius 1 is 1.50 bits per heavy atom. The Labute approximate surface area is 83.8 Å². The number of rotatable bonds is 4. The van der Waals surface area contributed by atoms with E-state index in [4.69, 9.17) is 0 Å². The summed E-state index contributed by atoms with van der Waals surface area (Å²) in [6, 6.07) is 3.60. The summed E-state index contributed by atoms with van der Waals surface area (Å²) in [6.45, 7) is 3.79. The second-order valence-electron chi connectivity index (χ2n) is 3.34. The van der Waals surface area contributed by atoms with Crippen LogP contribution in [0.3, 0.4) is 0 Å². The summed E-state index contributed by atoms with van der Waals surface area (Å²) in [4.78, 5) is 15.2. The van der Waals surface area contributed by atoms with Gasteiger partial charge < -0.3 is 5.11 Å². The molecule has 3 heteroatoms. The lowest BCUT2D eigenvalue weighted by Crippen LogP contribution is -2.34. The molecule has 0 atom stereocenters. The van der Waals surface area contributed by atoms with Gasteiger partial charge in [0.1, 0.15) is 0 Å². The minimum atomic E-state index is -0.770. The van der Waals surface area contributed by atoms with Gasteiger partial charge in [0.25, 0.3) is 0 Å². The summed E-state index contributed by atoms with van der Waals surface area (Å²) < 4.78 is 0. The highest BCUT2D eigenvalue weighted by Gasteiger charge is 2.36. The molecule has 0 unspecified atom stereocenters. The molecule has 0 saturated carbocycles. The van der Waals surface area contributed by atoms with Gasteiger partial charge in [0, 0.05) is 12.4 Å². The number of hydrogen-bond donors (Lipinski definition) is 1. The largest absolute Gasteiger partial charge is 0.481 e. The zero-order valence-electron chi connectivity index (χ0n) is 8.53. The molecule has 76 valence electrons. The first kappa shape index (κ1) is 10.7. The lowest BCUT2D eigenvalue weighted by Gasteiger charge is -2.26. The number of carbonyl (C=O) groups is 1. The molecule has 3 nitrogen and oxygen atoms in total. The molecule has 0 aliphatic heterocycles.